The van der Waals surface area contributed by atoms with E-state index in [1.807, 2.05) is 0 Å². The highest BCUT2D eigenvalue weighted by molar-refractivity contribution is 5.81. The van der Waals surface area contributed by atoms with Crippen molar-refractivity contribution >= 4 is 5.97 Å². The molecule has 56 valence electrons. The number of rotatable bonds is 2. The fourth-order valence-electron chi connectivity index (χ4n) is 0.941. The predicted octanol–water partition coefficient (Wildman–Crippen LogP) is 0.0775. The fraction of sp³-hybridized carbons (Fsp3) is 0.571. The maximum atomic E-state index is 10.6. The van der Waals surface area contributed by atoms with Crippen LogP contribution in [-0.4, -0.2) is 25.2 Å². The van der Waals surface area contributed by atoms with Gasteiger partial charge in [-0.1, -0.05) is 6.58 Å². The summed E-state index contributed by atoms with van der Waals surface area (Å²) in [5.74, 6) is -0.325. The van der Waals surface area contributed by atoms with Gasteiger partial charge in [0.25, 0.3) is 0 Å². The monoisotopic (exact) mass is 141 g/mol. The molecule has 1 rings (SSSR count). The molecule has 1 atom stereocenters. The molecule has 1 N–H and O–H groups in total. The molecular formula is C7H11NO2. The lowest BCUT2D eigenvalue weighted by Crippen LogP contribution is -2.19. The number of esters is 1. The van der Waals surface area contributed by atoms with E-state index in [1.54, 1.807) is 0 Å². The van der Waals surface area contributed by atoms with Crippen molar-refractivity contribution < 1.29 is 9.53 Å². The molecule has 0 aromatic heterocycles. The highest BCUT2D eigenvalue weighted by Crippen LogP contribution is 2.02. The van der Waals surface area contributed by atoms with Gasteiger partial charge in [0.05, 0.1) is 0 Å². The third-order valence-electron chi connectivity index (χ3n) is 1.46. The van der Waals surface area contributed by atoms with Crippen LogP contribution in [0.15, 0.2) is 12.7 Å². The zero-order chi connectivity index (χ0) is 7.40. The maximum absolute atomic E-state index is 10.6. The Kier molecular flexibility index (Phi) is 2.45. The number of carbonyl (C=O) groups is 1. The molecule has 0 aromatic rings. The second kappa shape index (κ2) is 3.37. The van der Waals surface area contributed by atoms with Crippen molar-refractivity contribution in [1.29, 1.82) is 0 Å². The van der Waals surface area contributed by atoms with Gasteiger partial charge in [-0.3, -0.25) is 0 Å². The van der Waals surface area contributed by atoms with Gasteiger partial charge in [0.2, 0.25) is 0 Å². The summed E-state index contributed by atoms with van der Waals surface area (Å²) in [6.45, 7) is 5.02. The molecule has 0 bridgehead atoms. The van der Waals surface area contributed by atoms with Crippen molar-refractivity contribution in [3.63, 3.8) is 0 Å². The van der Waals surface area contributed by atoms with E-state index in [0.717, 1.165) is 19.5 Å². The maximum Gasteiger partial charge on any atom is 0.330 e. The van der Waals surface area contributed by atoms with Crippen LogP contribution in [-0.2, 0) is 9.53 Å². The van der Waals surface area contributed by atoms with E-state index < -0.39 is 0 Å². The Balaban J connectivity index is 2.23. The third-order valence-corrected chi connectivity index (χ3v) is 1.46. The normalized spacial score (nSPS) is 24.2. The average molecular weight is 141 g/mol. The third kappa shape index (κ3) is 1.84. The molecule has 0 saturated carbocycles. The van der Waals surface area contributed by atoms with Gasteiger partial charge < -0.3 is 10.1 Å². The van der Waals surface area contributed by atoms with Crippen LogP contribution < -0.4 is 5.32 Å². The van der Waals surface area contributed by atoms with Gasteiger partial charge in [-0.25, -0.2) is 4.79 Å². The first-order valence-electron chi connectivity index (χ1n) is 3.36. The number of carbonyl (C=O) groups excluding carboxylic acids is 1. The summed E-state index contributed by atoms with van der Waals surface area (Å²) >= 11 is 0. The smallest absolute Gasteiger partial charge is 0.330 e. The van der Waals surface area contributed by atoms with E-state index in [-0.39, 0.29) is 12.1 Å². The summed E-state index contributed by atoms with van der Waals surface area (Å²) < 4.78 is 4.94. The molecule has 1 aliphatic heterocycles. The zero-order valence-corrected chi connectivity index (χ0v) is 5.80. The van der Waals surface area contributed by atoms with E-state index in [2.05, 4.69) is 11.9 Å². The molecule has 0 amide bonds. The molecule has 0 spiro atoms. The van der Waals surface area contributed by atoms with Gasteiger partial charge in [0, 0.05) is 12.6 Å². The van der Waals surface area contributed by atoms with E-state index in [9.17, 15) is 4.79 Å². The Morgan fingerprint density at radius 3 is 3.10 bits per heavy atom. The molecule has 3 heteroatoms. The standard InChI is InChI=1S/C7H11NO2/c1-2-7(9)10-6-3-4-8-5-6/h2,6,8H,1,3-5H2. The minimum absolute atomic E-state index is 0.0606. The summed E-state index contributed by atoms with van der Waals surface area (Å²) in [5.41, 5.74) is 0. The van der Waals surface area contributed by atoms with Gasteiger partial charge in [-0.15, -0.1) is 0 Å². The van der Waals surface area contributed by atoms with E-state index in [4.69, 9.17) is 4.74 Å². The molecule has 1 saturated heterocycles. The summed E-state index contributed by atoms with van der Waals surface area (Å²) in [4.78, 5) is 10.6. The van der Waals surface area contributed by atoms with Crippen LogP contribution in [0.1, 0.15) is 6.42 Å². The van der Waals surface area contributed by atoms with Crippen LogP contribution in [0, 0.1) is 0 Å². The highest BCUT2D eigenvalue weighted by Gasteiger charge is 2.16. The van der Waals surface area contributed by atoms with E-state index in [0.29, 0.717) is 0 Å². The molecule has 1 heterocycles. The minimum Gasteiger partial charge on any atom is -0.458 e. The second-order valence-corrected chi connectivity index (χ2v) is 2.26. The molecule has 3 nitrogen and oxygen atoms in total. The van der Waals surface area contributed by atoms with Crippen molar-refractivity contribution in [3.8, 4) is 0 Å². The Hall–Kier alpha value is -0.830. The summed E-state index contributed by atoms with van der Waals surface area (Å²) in [5, 5.41) is 3.09. The molecule has 10 heavy (non-hydrogen) atoms. The minimum atomic E-state index is -0.325. The van der Waals surface area contributed by atoms with E-state index in [1.165, 1.54) is 6.08 Å². The molecule has 0 radical (unpaired) electrons. The van der Waals surface area contributed by atoms with Crippen molar-refractivity contribution in [3.05, 3.63) is 12.7 Å². The molecule has 1 aliphatic rings. The van der Waals surface area contributed by atoms with Gasteiger partial charge >= 0.3 is 5.97 Å². The Labute approximate surface area is 60.1 Å². The van der Waals surface area contributed by atoms with Crippen LogP contribution in [0.2, 0.25) is 0 Å². The van der Waals surface area contributed by atoms with Crippen LogP contribution in [0.25, 0.3) is 0 Å². The second-order valence-electron chi connectivity index (χ2n) is 2.26. The number of nitrogens with one attached hydrogen (secondary N) is 1. The Bertz CT molecular complexity index is 139. The summed E-state index contributed by atoms with van der Waals surface area (Å²) in [6.07, 6.45) is 2.17. The average Bonchev–Trinajstić information content (AvgIpc) is 2.40. The molecule has 1 unspecified atom stereocenters. The number of ether oxygens (including phenoxy) is 1. The Morgan fingerprint density at radius 1 is 1.80 bits per heavy atom. The van der Waals surface area contributed by atoms with E-state index >= 15 is 0 Å². The first kappa shape index (κ1) is 7.28. The van der Waals surface area contributed by atoms with Crippen molar-refractivity contribution in [1.82, 2.24) is 5.32 Å². The fourth-order valence-corrected chi connectivity index (χ4v) is 0.941. The number of hydrogen-bond donors (Lipinski definition) is 1. The SMILES string of the molecule is C=CC(=O)OC1CCNC1. The van der Waals surface area contributed by atoms with Gasteiger partial charge in [0.15, 0.2) is 0 Å². The first-order valence-corrected chi connectivity index (χ1v) is 3.36. The Morgan fingerprint density at radius 2 is 2.60 bits per heavy atom. The number of hydrogen-bond acceptors (Lipinski definition) is 3. The molecule has 0 aliphatic carbocycles. The van der Waals surface area contributed by atoms with Crippen LogP contribution >= 0.6 is 0 Å². The lowest BCUT2D eigenvalue weighted by molar-refractivity contribution is -0.142. The van der Waals surface area contributed by atoms with Crippen molar-refractivity contribution in [2.75, 3.05) is 13.1 Å². The largest absolute Gasteiger partial charge is 0.458 e. The highest BCUT2D eigenvalue weighted by atomic mass is 16.5. The van der Waals surface area contributed by atoms with Gasteiger partial charge in [0.1, 0.15) is 6.10 Å². The summed E-state index contributed by atoms with van der Waals surface area (Å²) in [6, 6.07) is 0. The van der Waals surface area contributed by atoms with Crippen molar-refractivity contribution in [2.24, 2.45) is 0 Å². The van der Waals surface area contributed by atoms with Crippen molar-refractivity contribution in [2.45, 2.75) is 12.5 Å². The quantitative estimate of drug-likeness (QED) is 0.437. The first-order chi connectivity index (χ1) is 4.83. The molecule has 1 fully saturated rings. The van der Waals surface area contributed by atoms with Crippen LogP contribution in [0.4, 0.5) is 0 Å². The molecular weight excluding hydrogens is 130 g/mol. The van der Waals surface area contributed by atoms with Gasteiger partial charge in [-0.2, -0.15) is 0 Å². The van der Waals surface area contributed by atoms with Crippen LogP contribution in [0.5, 0.6) is 0 Å². The summed E-state index contributed by atoms with van der Waals surface area (Å²) in [7, 11) is 0. The lowest BCUT2D eigenvalue weighted by atomic mass is 10.3. The molecule has 0 aromatic carbocycles. The van der Waals surface area contributed by atoms with Gasteiger partial charge in [-0.05, 0) is 13.0 Å². The predicted molar refractivity (Wildman–Crippen MR) is 37.6 cm³/mol. The zero-order valence-electron chi connectivity index (χ0n) is 5.80. The lowest BCUT2D eigenvalue weighted by Gasteiger charge is -2.07. The topological polar surface area (TPSA) is 38.3 Å². The van der Waals surface area contributed by atoms with Crippen LogP contribution in [0.3, 0.4) is 0 Å².